The molecule has 0 aliphatic rings. The van der Waals surface area contributed by atoms with E-state index in [-0.39, 0.29) is 18.2 Å². The Morgan fingerprint density at radius 1 is 0.909 bits per heavy atom. The summed E-state index contributed by atoms with van der Waals surface area (Å²) in [5.74, 6) is 0.196. The molecule has 0 bridgehead atoms. The number of phenolic OH excluding ortho intramolecular Hbond substituents is 1. The summed E-state index contributed by atoms with van der Waals surface area (Å²) in [6, 6.07) is 20.3. The first-order valence-corrected chi connectivity index (χ1v) is 10.7. The Labute approximate surface area is 198 Å². The van der Waals surface area contributed by atoms with Crippen LogP contribution in [0.2, 0.25) is 0 Å². The van der Waals surface area contributed by atoms with Gasteiger partial charge in [0.15, 0.2) is 0 Å². The van der Waals surface area contributed by atoms with Gasteiger partial charge >= 0.3 is 0 Å². The first kappa shape index (κ1) is 22.7. The van der Waals surface area contributed by atoms with Gasteiger partial charge in [-0.15, -0.1) is 17.5 Å². The molecule has 2 heterocycles. The molecule has 0 aliphatic heterocycles. The molecule has 0 spiro atoms. The lowest BCUT2D eigenvalue weighted by atomic mass is 10.1. The zero-order chi connectivity index (χ0) is 22.2. The van der Waals surface area contributed by atoms with Gasteiger partial charge in [0.25, 0.3) is 0 Å². The Balaban J connectivity index is 0.00000259. The van der Waals surface area contributed by atoms with E-state index in [2.05, 4.69) is 63.1 Å². The molecule has 0 saturated carbocycles. The van der Waals surface area contributed by atoms with E-state index in [1.807, 2.05) is 43.3 Å². The van der Waals surface area contributed by atoms with Gasteiger partial charge in [-0.1, -0.05) is 18.2 Å². The Morgan fingerprint density at radius 3 is 2.45 bits per heavy atom. The van der Waals surface area contributed by atoms with Crippen molar-refractivity contribution < 1.29 is 5.11 Å². The Morgan fingerprint density at radius 2 is 1.67 bits per heavy atom. The number of hydrogen-bond acceptors (Lipinski definition) is 5. The Hall–Kier alpha value is -3.48. The van der Waals surface area contributed by atoms with Crippen molar-refractivity contribution >= 4 is 56.5 Å². The molecule has 0 fully saturated rings. The van der Waals surface area contributed by atoms with E-state index in [0.29, 0.717) is 17.7 Å². The lowest BCUT2D eigenvalue weighted by molar-refractivity contribution is 0.387. The Bertz CT molecular complexity index is 1490. The van der Waals surface area contributed by atoms with Crippen LogP contribution in [-0.4, -0.2) is 33.7 Å². The van der Waals surface area contributed by atoms with Gasteiger partial charge in [-0.05, 0) is 63.5 Å². The highest BCUT2D eigenvalue weighted by molar-refractivity contribution is 6.09. The van der Waals surface area contributed by atoms with E-state index in [9.17, 15) is 5.11 Å². The molecule has 6 nitrogen and oxygen atoms in total. The number of aryl methyl sites for hydroxylation is 1. The van der Waals surface area contributed by atoms with Crippen molar-refractivity contribution in [3.63, 3.8) is 0 Å². The summed E-state index contributed by atoms with van der Waals surface area (Å²) in [5.41, 5.74) is 5.22. The topological polar surface area (TPSA) is 66.0 Å². The zero-order valence-corrected chi connectivity index (χ0v) is 19.7. The zero-order valence-electron chi connectivity index (χ0n) is 18.9. The van der Waals surface area contributed by atoms with Crippen molar-refractivity contribution in [2.24, 2.45) is 10.2 Å². The van der Waals surface area contributed by atoms with Crippen LogP contribution < -0.4 is 0 Å². The average Bonchev–Trinajstić information content (AvgIpc) is 3.13. The van der Waals surface area contributed by atoms with Crippen molar-refractivity contribution in [3.8, 4) is 5.75 Å². The summed E-state index contributed by atoms with van der Waals surface area (Å²) in [7, 11) is 3.93. The lowest BCUT2D eigenvalue weighted by Crippen LogP contribution is -2.10. The summed E-state index contributed by atoms with van der Waals surface area (Å²) < 4.78 is 2.32. The average molecular weight is 460 g/mol. The van der Waals surface area contributed by atoms with E-state index in [0.717, 1.165) is 23.2 Å². The number of aromatic hydroxyl groups is 1. The fourth-order valence-electron chi connectivity index (χ4n) is 4.36. The van der Waals surface area contributed by atoms with Crippen molar-refractivity contribution in [2.45, 2.75) is 20.0 Å². The van der Waals surface area contributed by atoms with Crippen LogP contribution in [-0.2, 0) is 13.1 Å². The predicted octanol–water partition coefficient (Wildman–Crippen LogP) is 6.97. The number of azo groups is 1. The number of aromatic nitrogens is 2. The van der Waals surface area contributed by atoms with Crippen LogP contribution in [0.5, 0.6) is 5.75 Å². The minimum atomic E-state index is 0. The van der Waals surface area contributed by atoms with Gasteiger partial charge in [0.05, 0.1) is 11.4 Å². The standard InChI is InChI=1S/C26H25N5O.ClH/c1-4-31-23-10-6-5-8-19(23)21-15-18(11-12-24(21)31)28-29-22-14-17(16-30(2)3)26(32)25-20(22)9-7-13-27-25;/h5-15,32H,4,16H2,1-3H3;1H. The molecule has 2 aromatic heterocycles. The SMILES string of the molecule is CCn1c2ccccc2c2cc(N=Nc3cc(CN(C)C)c(O)c4ncccc34)ccc21.Cl. The number of benzene rings is 3. The highest BCUT2D eigenvalue weighted by Gasteiger charge is 2.13. The van der Waals surface area contributed by atoms with Gasteiger partial charge in [0.1, 0.15) is 11.3 Å². The largest absolute Gasteiger partial charge is 0.505 e. The second-order valence-corrected chi connectivity index (χ2v) is 8.20. The van der Waals surface area contributed by atoms with E-state index in [1.165, 1.54) is 21.8 Å². The number of nitrogens with zero attached hydrogens (tertiary/aromatic N) is 5. The van der Waals surface area contributed by atoms with Gasteiger partial charge in [0, 0.05) is 52.0 Å². The maximum atomic E-state index is 10.7. The molecule has 0 amide bonds. The molecule has 5 rings (SSSR count). The van der Waals surface area contributed by atoms with E-state index in [4.69, 9.17) is 0 Å². The third kappa shape index (κ3) is 4.03. The van der Waals surface area contributed by atoms with Crippen molar-refractivity contribution in [3.05, 3.63) is 72.4 Å². The number of pyridine rings is 1. The highest BCUT2D eigenvalue weighted by Crippen LogP contribution is 2.37. The fraction of sp³-hybridized carbons (Fsp3) is 0.192. The lowest BCUT2D eigenvalue weighted by Gasteiger charge is -2.13. The summed E-state index contributed by atoms with van der Waals surface area (Å²) in [6.45, 7) is 3.66. The molecule has 0 saturated heterocycles. The maximum absolute atomic E-state index is 10.7. The van der Waals surface area contributed by atoms with E-state index in [1.54, 1.807) is 6.20 Å². The molecule has 0 atom stereocenters. The second-order valence-electron chi connectivity index (χ2n) is 8.20. The summed E-state index contributed by atoms with van der Waals surface area (Å²) >= 11 is 0. The number of para-hydroxylation sites is 1. The molecule has 5 aromatic rings. The molecule has 33 heavy (non-hydrogen) atoms. The monoisotopic (exact) mass is 459 g/mol. The summed E-state index contributed by atoms with van der Waals surface area (Å²) in [4.78, 5) is 6.38. The molecule has 3 aromatic carbocycles. The minimum absolute atomic E-state index is 0. The van der Waals surface area contributed by atoms with Gasteiger partial charge in [-0.2, -0.15) is 5.11 Å². The number of fused-ring (bicyclic) bond motifs is 4. The van der Waals surface area contributed by atoms with Crippen LogP contribution in [0.4, 0.5) is 11.4 Å². The summed E-state index contributed by atoms with van der Waals surface area (Å²) in [6.07, 6.45) is 1.68. The predicted molar refractivity (Wildman–Crippen MR) is 137 cm³/mol. The molecule has 0 aliphatic carbocycles. The fourth-order valence-corrected chi connectivity index (χ4v) is 4.36. The minimum Gasteiger partial charge on any atom is -0.505 e. The van der Waals surface area contributed by atoms with Crippen LogP contribution in [0.1, 0.15) is 12.5 Å². The first-order valence-electron chi connectivity index (χ1n) is 10.7. The van der Waals surface area contributed by atoms with Gasteiger partial charge in [0.2, 0.25) is 0 Å². The van der Waals surface area contributed by atoms with Crippen molar-refractivity contribution in [2.75, 3.05) is 14.1 Å². The third-order valence-electron chi connectivity index (χ3n) is 5.76. The van der Waals surface area contributed by atoms with Gasteiger partial charge in [-0.3, -0.25) is 4.98 Å². The Kier molecular flexibility index (Phi) is 6.31. The highest BCUT2D eigenvalue weighted by atomic mass is 35.5. The second kappa shape index (κ2) is 9.17. The number of halogens is 1. The molecular formula is C26H26ClN5O. The van der Waals surface area contributed by atoms with Gasteiger partial charge in [-0.25, -0.2) is 0 Å². The van der Waals surface area contributed by atoms with Crippen LogP contribution in [0.15, 0.2) is 77.1 Å². The van der Waals surface area contributed by atoms with Crippen molar-refractivity contribution in [1.82, 2.24) is 14.5 Å². The molecular weight excluding hydrogens is 434 g/mol. The van der Waals surface area contributed by atoms with Crippen LogP contribution in [0.3, 0.4) is 0 Å². The molecule has 0 unspecified atom stereocenters. The van der Waals surface area contributed by atoms with Gasteiger partial charge < -0.3 is 14.6 Å². The van der Waals surface area contributed by atoms with E-state index < -0.39 is 0 Å². The number of phenols is 1. The van der Waals surface area contributed by atoms with Crippen LogP contribution in [0.25, 0.3) is 32.7 Å². The smallest absolute Gasteiger partial charge is 0.146 e. The first-order chi connectivity index (χ1) is 15.6. The van der Waals surface area contributed by atoms with Crippen molar-refractivity contribution in [1.29, 1.82) is 0 Å². The van der Waals surface area contributed by atoms with E-state index >= 15 is 0 Å². The quantitative estimate of drug-likeness (QED) is 0.288. The summed E-state index contributed by atoms with van der Waals surface area (Å²) in [5, 5.41) is 23.0. The maximum Gasteiger partial charge on any atom is 0.146 e. The number of rotatable bonds is 5. The third-order valence-corrected chi connectivity index (χ3v) is 5.76. The van der Waals surface area contributed by atoms with Crippen LogP contribution in [0, 0.1) is 0 Å². The number of hydrogen-bond donors (Lipinski definition) is 1. The molecule has 1 N–H and O–H groups in total. The normalized spacial score (nSPS) is 11.8. The molecule has 168 valence electrons. The molecule has 7 heteroatoms. The molecule has 0 radical (unpaired) electrons. The van der Waals surface area contributed by atoms with Crippen LogP contribution >= 0.6 is 12.4 Å².